The molecule has 0 aliphatic carbocycles. The highest BCUT2D eigenvalue weighted by atomic mass is 35.5. The van der Waals surface area contributed by atoms with Gasteiger partial charge in [-0.2, -0.15) is 0 Å². The van der Waals surface area contributed by atoms with Gasteiger partial charge in [0.15, 0.2) is 11.5 Å². The van der Waals surface area contributed by atoms with Gasteiger partial charge in [0.1, 0.15) is 24.1 Å². The number of methoxy groups -OCH3 is 2. The molecule has 1 unspecified atom stereocenters. The van der Waals surface area contributed by atoms with Gasteiger partial charge in [-0.1, -0.05) is 18.5 Å². The maximum Gasteiger partial charge on any atom is 0.319 e. The van der Waals surface area contributed by atoms with E-state index in [1.807, 2.05) is 12.1 Å². The summed E-state index contributed by atoms with van der Waals surface area (Å²) >= 11 is 5.94. The first-order valence-electron chi connectivity index (χ1n) is 11.9. The zero-order valence-corrected chi connectivity index (χ0v) is 21.3. The van der Waals surface area contributed by atoms with E-state index in [0.717, 1.165) is 37.7 Å². The topological polar surface area (TPSA) is 85.8 Å². The van der Waals surface area contributed by atoms with E-state index in [2.05, 4.69) is 27.1 Å². The number of piperidine rings is 1. The van der Waals surface area contributed by atoms with E-state index in [9.17, 15) is 9.18 Å². The van der Waals surface area contributed by atoms with E-state index in [-0.39, 0.29) is 17.1 Å². The van der Waals surface area contributed by atoms with Crippen molar-refractivity contribution in [2.24, 2.45) is 5.92 Å². The van der Waals surface area contributed by atoms with Crippen LogP contribution in [0.25, 0.3) is 10.9 Å². The highest BCUT2D eigenvalue weighted by Crippen LogP contribution is 2.37. The molecule has 1 fully saturated rings. The number of hydrogen-bond acceptors (Lipinski definition) is 8. The molecule has 0 spiro atoms. The first kappa shape index (κ1) is 25.9. The molecule has 192 valence electrons. The quantitative estimate of drug-likeness (QED) is 0.388. The number of ether oxygens (including phenoxy) is 3. The maximum absolute atomic E-state index is 13.6. The standard InChI is InChI=1S/C26H30ClFN4O4/c1-4-22(16-7-9-32(10-8-16)14-25(33)35-3)36-24-12-18-21(13-23(24)34-2)29-15-30-26(18)31-17-5-6-20(28)19(27)11-17/h5-6,11-13,15-16,22H,4,7-10,14H2,1-3H3,(H,29,30,31). The number of anilines is 2. The SMILES string of the molecule is CCC(Oc1cc2c(Nc3ccc(F)c(Cl)c3)ncnc2cc1OC)C1CCN(CC(=O)OC)CC1. The summed E-state index contributed by atoms with van der Waals surface area (Å²) in [6.07, 6.45) is 4.10. The van der Waals surface area contributed by atoms with E-state index in [1.54, 1.807) is 13.2 Å². The molecular formula is C26H30ClFN4O4. The average Bonchev–Trinajstić information content (AvgIpc) is 2.89. The number of fused-ring (bicyclic) bond motifs is 1. The summed E-state index contributed by atoms with van der Waals surface area (Å²) in [5.74, 6) is 1.36. The van der Waals surface area contributed by atoms with Crippen LogP contribution in [0.2, 0.25) is 5.02 Å². The fourth-order valence-corrected chi connectivity index (χ4v) is 4.71. The molecule has 3 aromatic rings. The second kappa shape index (κ2) is 11.7. The van der Waals surface area contributed by atoms with Gasteiger partial charge in [0, 0.05) is 17.1 Å². The lowest BCUT2D eigenvalue weighted by atomic mass is 9.89. The number of nitrogens with zero attached hydrogens (tertiary/aromatic N) is 3. The van der Waals surface area contributed by atoms with E-state index in [4.69, 9.17) is 25.8 Å². The molecule has 1 N–H and O–H groups in total. The molecule has 1 aromatic heterocycles. The van der Waals surface area contributed by atoms with Crippen LogP contribution in [-0.4, -0.2) is 60.8 Å². The molecule has 0 radical (unpaired) electrons. The van der Waals surface area contributed by atoms with Crippen LogP contribution in [0.3, 0.4) is 0 Å². The first-order chi connectivity index (χ1) is 17.4. The Labute approximate surface area is 214 Å². The van der Waals surface area contributed by atoms with Crippen LogP contribution in [0.1, 0.15) is 26.2 Å². The summed E-state index contributed by atoms with van der Waals surface area (Å²) in [4.78, 5) is 22.5. The Morgan fingerprint density at radius 1 is 1.19 bits per heavy atom. The van der Waals surface area contributed by atoms with Crippen molar-refractivity contribution >= 4 is 40.0 Å². The molecule has 36 heavy (non-hydrogen) atoms. The normalized spacial score (nSPS) is 15.5. The molecule has 0 saturated carbocycles. The summed E-state index contributed by atoms with van der Waals surface area (Å²) in [7, 11) is 3.01. The molecule has 8 nitrogen and oxygen atoms in total. The third-order valence-corrected chi connectivity index (χ3v) is 6.81. The van der Waals surface area contributed by atoms with Crippen molar-refractivity contribution in [3.8, 4) is 11.5 Å². The summed E-state index contributed by atoms with van der Waals surface area (Å²) in [6.45, 7) is 4.05. The molecule has 2 heterocycles. The average molecular weight is 517 g/mol. The molecule has 0 amide bonds. The number of rotatable bonds is 9. The van der Waals surface area contributed by atoms with Gasteiger partial charge in [0.25, 0.3) is 0 Å². The van der Waals surface area contributed by atoms with Crippen LogP contribution in [0.4, 0.5) is 15.9 Å². The number of aromatic nitrogens is 2. The number of benzene rings is 2. The largest absolute Gasteiger partial charge is 0.493 e. The van der Waals surface area contributed by atoms with E-state index in [1.165, 1.54) is 25.6 Å². The Morgan fingerprint density at radius 3 is 2.64 bits per heavy atom. The predicted octanol–water partition coefficient (Wildman–Crippen LogP) is 5.22. The van der Waals surface area contributed by atoms with Crippen LogP contribution in [0.5, 0.6) is 11.5 Å². The Kier molecular flexibility index (Phi) is 8.43. The van der Waals surface area contributed by atoms with Crippen molar-refractivity contribution < 1.29 is 23.4 Å². The second-order valence-electron chi connectivity index (χ2n) is 8.75. The number of nitrogens with one attached hydrogen (secondary N) is 1. The lowest BCUT2D eigenvalue weighted by Crippen LogP contribution is -2.41. The number of halogens is 2. The van der Waals surface area contributed by atoms with E-state index in [0.29, 0.717) is 41.0 Å². The van der Waals surface area contributed by atoms with Crippen molar-refractivity contribution in [3.63, 3.8) is 0 Å². The van der Waals surface area contributed by atoms with Gasteiger partial charge in [-0.25, -0.2) is 14.4 Å². The zero-order chi connectivity index (χ0) is 25.7. The van der Waals surface area contributed by atoms with Crippen LogP contribution < -0.4 is 14.8 Å². The number of likely N-dealkylation sites (tertiary alicyclic amines) is 1. The fourth-order valence-electron chi connectivity index (χ4n) is 4.53. The lowest BCUT2D eigenvalue weighted by molar-refractivity contribution is -0.142. The minimum absolute atomic E-state index is 0.0198. The molecular weight excluding hydrogens is 487 g/mol. The predicted molar refractivity (Wildman–Crippen MR) is 137 cm³/mol. The summed E-state index contributed by atoms with van der Waals surface area (Å²) in [6, 6.07) is 8.09. The minimum atomic E-state index is -0.489. The smallest absolute Gasteiger partial charge is 0.319 e. The van der Waals surface area contributed by atoms with Gasteiger partial charge in [0.05, 0.1) is 31.3 Å². The van der Waals surface area contributed by atoms with E-state index < -0.39 is 5.82 Å². The van der Waals surface area contributed by atoms with Gasteiger partial charge in [-0.05, 0) is 62.5 Å². The number of carbonyl (C=O) groups excluding carboxylic acids is 1. The number of hydrogen-bond donors (Lipinski definition) is 1. The third-order valence-electron chi connectivity index (χ3n) is 6.52. The zero-order valence-electron chi connectivity index (χ0n) is 20.6. The van der Waals surface area contributed by atoms with Crippen LogP contribution in [0.15, 0.2) is 36.7 Å². The molecule has 1 saturated heterocycles. The van der Waals surface area contributed by atoms with E-state index >= 15 is 0 Å². The van der Waals surface area contributed by atoms with Crippen molar-refractivity contribution in [2.45, 2.75) is 32.3 Å². The molecule has 1 aliphatic rings. The van der Waals surface area contributed by atoms with Crippen LogP contribution in [-0.2, 0) is 9.53 Å². The second-order valence-corrected chi connectivity index (χ2v) is 9.16. The van der Waals surface area contributed by atoms with Gasteiger partial charge in [-0.15, -0.1) is 0 Å². The highest BCUT2D eigenvalue weighted by Gasteiger charge is 2.29. The molecule has 10 heteroatoms. The van der Waals surface area contributed by atoms with Gasteiger partial charge >= 0.3 is 5.97 Å². The maximum atomic E-state index is 13.6. The van der Waals surface area contributed by atoms with Crippen molar-refractivity contribution in [3.05, 3.63) is 47.5 Å². The van der Waals surface area contributed by atoms with Gasteiger partial charge in [-0.3, -0.25) is 9.69 Å². The lowest BCUT2D eigenvalue weighted by Gasteiger charge is -2.35. The highest BCUT2D eigenvalue weighted by molar-refractivity contribution is 6.31. The number of esters is 1. The summed E-state index contributed by atoms with van der Waals surface area (Å²) in [5.41, 5.74) is 1.28. The fraction of sp³-hybridized carbons (Fsp3) is 0.423. The first-order valence-corrected chi connectivity index (χ1v) is 12.3. The van der Waals surface area contributed by atoms with Crippen molar-refractivity contribution in [1.82, 2.24) is 14.9 Å². The number of carbonyl (C=O) groups is 1. The van der Waals surface area contributed by atoms with Crippen LogP contribution >= 0.6 is 11.6 Å². The summed E-state index contributed by atoms with van der Waals surface area (Å²) in [5, 5.41) is 3.95. The summed E-state index contributed by atoms with van der Waals surface area (Å²) < 4.78 is 30.5. The molecule has 1 atom stereocenters. The molecule has 1 aliphatic heterocycles. The Morgan fingerprint density at radius 2 is 1.97 bits per heavy atom. The van der Waals surface area contributed by atoms with Crippen molar-refractivity contribution in [2.75, 3.05) is 39.2 Å². The third kappa shape index (κ3) is 5.96. The van der Waals surface area contributed by atoms with Crippen LogP contribution in [0, 0.1) is 11.7 Å². The monoisotopic (exact) mass is 516 g/mol. The van der Waals surface area contributed by atoms with Gasteiger partial charge < -0.3 is 19.5 Å². The van der Waals surface area contributed by atoms with Gasteiger partial charge in [0.2, 0.25) is 0 Å². The van der Waals surface area contributed by atoms with Crippen molar-refractivity contribution in [1.29, 1.82) is 0 Å². The molecule has 0 bridgehead atoms. The molecule has 4 rings (SSSR count). The Balaban J connectivity index is 1.56. The molecule has 2 aromatic carbocycles. The Bertz CT molecular complexity index is 1220. The Hall–Kier alpha value is -3.17. The minimum Gasteiger partial charge on any atom is -0.493 e.